The third-order valence-corrected chi connectivity index (χ3v) is 6.84. The average molecular weight is 512 g/mol. The quantitative estimate of drug-likeness (QED) is 0.232. The van der Waals surface area contributed by atoms with Gasteiger partial charge in [-0.3, -0.25) is 0 Å². The molecule has 0 aliphatic carbocycles. The molecule has 0 bridgehead atoms. The first-order chi connectivity index (χ1) is 17.8. The fourth-order valence-corrected chi connectivity index (χ4v) is 4.82. The number of hydrogen-bond acceptors (Lipinski definition) is 4. The number of aromatic carboxylic acids is 1. The van der Waals surface area contributed by atoms with E-state index in [9.17, 15) is 9.90 Å². The van der Waals surface area contributed by atoms with Crippen LogP contribution in [0.5, 0.6) is 5.75 Å². The molecule has 0 unspecified atom stereocenters. The number of benzene rings is 4. The summed E-state index contributed by atoms with van der Waals surface area (Å²) in [6, 6.07) is 25.1. The van der Waals surface area contributed by atoms with Crippen LogP contribution in [0.15, 0.2) is 78.9 Å². The lowest BCUT2D eigenvalue weighted by Gasteiger charge is -2.13. The molecule has 7 heteroatoms. The number of ether oxygens (including phenoxy) is 1. The van der Waals surface area contributed by atoms with Crippen LogP contribution in [0, 0.1) is 13.8 Å². The minimum Gasteiger partial charge on any atom is -0.489 e. The summed E-state index contributed by atoms with van der Waals surface area (Å²) in [4.78, 5) is 16.5. The molecule has 0 fully saturated rings. The van der Waals surface area contributed by atoms with Gasteiger partial charge in [0.25, 0.3) is 0 Å². The lowest BCUT2D eigenvalue weighted by atomic mass is 10.0. The van der Waals surface area contributed by atoms with Gasteiger partial charge in [-0.15, -0.1) is 0 Å². The molecule has 3 N–H and O–H groups in total. The minimum atomic E-state index is -1.08. The van der Waals surface area contributed by atoms with Gasteiger partial charge in [0, 0.05) is 22.3 Å². The van der Waals surface area contributed by atoms with Crippen LogP contribution in [-0.4, -0.2) is 20.6 Å². The molecule has 5 rings (SSSR count). The first kappa shape index (κ1) is 24.4. The van der Waals surface area contributed by atoms with Crippen molar-refractivity contribution in [1.82, 2.24) is 9.55 Å². The van der Waals surface area contributed by atoms with Gasteiger partial charge in [0.05, 0.1) is 23.1 Å². The van der Waals surface area contributed by atoms with Crippen molar-refractivity contribution in [1.29, 1.82) is 0 Å². The van der Waals surface area contributed by atoms with Crippen LogP contribution in [0.4, 0.5) is 5.69 Å². The molecule has 0 atom stereocenters. The Morgan fingerprint density at radius 3 is 2.49 bits per heavy atom. The number of anilines is 1. The summed E-state index contributed by atoms with van der Waals surface area (Å²) in [7, 11) is 0. The zero-order valence-corrected chi connectivity index (χ0v) is 21.3. The molecule has 0 saturated heterocycles. The van der Waals surface area contributed by atoms with Crippen molar-refractivity contribution in [2.75, 3.05) is 5.73 Å². The lowest BCUT2D eigenvalue weighted by Crippen LogP contribution is -2.09. The molecule has 37 heavy (non-hydrogen) atoms. The molecule has 186 valence electrons. The Balaban J connectivity index is 1.45. The van der Waals surface area contributed by atoms with Crippen LogP contribution in [0.3, 0.4) is 0 Å². The second kappa shape index (κ2) is 9.99. The smallest absolute Gasteiger partial charge is 0.338 e. The van der Waals surface area contributed by atoms with Gasteiger partial charge >= 0.3 is 5.97 Å². The summed E-state index contributed by atoms with van der Waals surface area (Å²) in [6.45, 7) is 4.59. The van der Waals surface area contributed by atoms with E-state index in [1.165, 1.54) is 0 Å². The highest BCUT2D eigenvalue weighted by Gasteiger charge is 2.16. The van der Waals surface area contributed by atoms with Gasteiger partial charge in [0.15, 0.2) is 0 Å². The number of carboxylic acids is 1. The SMILES string of the molecule is Cc1cc(OCc2cccc(N)c2C(=O)O)cc2c1nc(C)n2Cc1ccc(-c2ccccc2)cc1Cl. The highest BCUT2D eigenvalue weighted by atomic mass is 35.5. The maximum absolute atomic E-state index is 11.7. The number of fused-ring (bicyclic) bond motifs is 1. The van der Waals surface area contributed by atoms with Gasteiger partial charge in [0.2, 0.25) is 0 Å². The number of carboxylic acid groups (broad SMARTS) is 1. The molecule has 4 aromatic carbocycles. The van der Waals surface area contributed by atoms with Crippen LogP contribution in [0.2, 0.25) is 5.02 Å². The van der Waals surface area contributed by atoms with Crippen molar-refractivity contribution in [3.63, 3.8) is 0 Å². The van der Waals surface area contributed by atoms with E-state index in [0.29, 0.717) is 22.9 Å². The van der Waals surface area contributed by atoms with E-state index >= 15 is 0 Å². The number of imidazole rings is 1. The lowest BCUT2D eigenvalue weighted by molar-refractivity contribution is 0.0695. The van der Waals surface area contributed by atoms with E-state index in [0.717, 1.165) is 39.1 Å². The first-order valence-electron chi connectivity index (χ1n) is 11.9. The predicted octanol–water partition coefficient (Wildman–Crippen LogP) is 6.88. The van der Waals surface area contributed by atoms with E-state index in [1.54, 1.807) is 18.2 Å². The normalized spacial score (nSPS) is 11.1. The average Bonchev–Trinajstić information content (AvgIpc) is 3.19. The maximum atomic E-state index is 11.7. The summed E-state index contributed by atoms with van der Waals surface area (Å²) in [5, 5.41) is 10.2. The van der Waals surface area contributed by atoms with Gasteiger partial charge in [-0.2, -0.15) is 0 Å². The van der Waals surface area contributed by atoms with E-state index in [2.05, 4.69) is 28.8 Å². The zero-order chi connectivity index (χ0) is 26.1. The molecule has 0 radical (unpaired) electrons. The number of halogens is 1. The Kier molecular flexibility index (Phi) is 6.59. The van der Waals surface area contributed by atoms with Crippen molar-refractivity contribution in [3.05, 3.63) is 112 Å². The van der Waals surface area contributed by atoms with Gasteiger partial charge in [-0.05, 0) is 54.3 Å². The molecular weight excluding hydrogens is 486 g/mol. The van der Waals surface area contributed by atoms with Crippen molar-refractivity contribution in [3.8, 4) is 16.9 Å². The van der Waals surface area contributed by atoms with Crippen LogP contribution in [0.1, 0.15) is 32.9 Å². The van der Waals surface area contributed by atoms with Crippen molar-refractivity contribution in [2.24, 2.45) is 0 Å². The molecule has 1 heterocycles. The maximum Gasteiger partial charge on any atom is 0.338 e. The Morgan fingerprint density at radius 1 is 0.973 bits per heavy atom. The second-order valence-electron chi connectivity index (χ2n) is 9.00. The number of nitrogen functional groups attached to an aromatic ring is 1. The molecule has 5 aromatic rings. The van der Waals surface area contributed by atoms with Gasteiger partial charge in [0.1, 0.15) is 18.2 Å². The highest BCUT2D eigenvalue weighted by Crippen LogP contribution is 2.30. The van der Waals surface area contributed by atoms with Crippen LogP contribution in [0.25, 0.3) is 22.2 Å². The first-order valence-corrected chi connectivity index (χ1v) is 12.2. The summed E-state index contributed by atoms with van der Waals surface area (Å²) >= 11 is 6.72. The molecule has 0 aliphatic rings. The third-order valence-electron chi connectivity index (χ3n) is 6.49. The standard InChI is InChI=1S/C30H26ClN3O3/c1-18-13-24(37-17-23-9-6-10-26(32)28(23)30(35)36)15-27-29(18)33-19(2)34(27)16-22-12-11-21(14-25(22)31)20-7-4-3-5-8-20/h3-15H,16-17,32H2,1-2H3,(H,35,36). The molecule has 0 spiro atoms. The van der Waals surface area contributed by atoms with E-state index < -0.39 is 5.97 Å². The molecule has 0 saturated carbocycles. The molecule has 1 aromatic heterocycles. The Labute approximate surface area is 219 Å². The van der Waals surface area contributed by atoms with Gasteiger partial charge < -0.3 is 20.1 Å². The number of carbonyl (C=O) groups is 1. The fraction of sp³-hybridized carbons (Fsp3) is 0.133. The number of aryl methyl sites for hydroxylation is 2. The topological polar surface area (TPSA) is 90.4 Å². The fourth-order valence-electron chi connectivity index (χ4n) is 4.58. The summed E-state index contributed by atoms with van der Waals surface area (Å²) in [5.41, 5.74) is 12.6. The Bertz CT molecular complexity index is 1630. The largest absolute Gasteiger partial charge is 0.489 e. The van der Waals surface area contributed by atoms with Crippen LogP contribution in [-0.2, 0) is 13.2 Å². The summed E-state index contributed by atoms with van der Waals surface area (Å²) in [6.07, 6.45) is 0. The molecule has 0 aliphatic heterocycles. The Morgan fingerprint density at radius 2 is 1.76 bits per heavy atom. The van der Waals surface area contributed by atoms with Gasteiger partial charge in [-0.1, -0.05) is 66.2 Å². The second-order valence-corrected chi connectivity index (χ2v) is 9.41. The van der Waals surface area contributed by atoms with Crippen molar-refractivity contribution in [2.45, 2.75) is 27.0 Å². The van der Waals surface area contributed by atoms with Crippen LogP contribution >= 0.6 is 11.6 Å². The Hall–Kier alpha value is -4.29. The number of nitrogens with two attached hydrogens (primary N) is 1. The van der Waals surface area contributed by atoms with E-state index in [1.807, 2.05) is 50.2 Å². The van der Waals surface area contributed by atoms with Crippen molar-refractivity contribution < 1.29 is 14.6 Å². The molecular formula is C30H26ClN3O3. The third kappa shape index (κ3) is 4.88. The monoisotopic (exact) mass is 511 g/mol. The molecule has 0 amide bonds. The summed E-state index contributed by atoms with van der Waals surface area (Å²) in [5.74, 6) is 0.407. The van der Waals surface area contributed by atoms with Gasteiger partial charge in [-0.25, -0.2) is 9.78 Å². The number of nitrogens with zero attached hydrogens (tertiary/aromatic N) is 2. The van der Waals surface area contributed by atoms with Crippen LogP contribution < -0.4 is 10.5 Å². The number of rotatable bonds is 7. The number of hydrogen-bond donors (Lipinski definition) is 2. The van der Waals surface area contributed by atoms with E-state index in [-0.39, 0.29) is 17.9 Å². The minimum absolute atomic E-state index is 0.0646. The highest BCUT2D eigenvalue weighted by molar-refractivity contribution is 6.31. The molecule has 6 nitrogen and oxygen atoms in total. The number of aromatic nitrogens is 2. The zero-order valence-electron chi connectivity index (χ0n) is 20.5. The van der Waals surface area contributed by atoms with E-state index in [4.69, 9.17) is 27.1 Å². The predicted molar refractivity (Wildman–Crippen MR) is 147 cm³/mol. The summed E-state index contributed by atoms with van der Waals surface area (Å²) < 4.78 is 8.16. The van der Waals surface area contributed by atoms with Crippen molar-refractivity contribution >= 4 is 34.3 Å².